The summed E-state index contributed by atoms with van der Waals surface area (Å²) >= 11 is 1.67. The predicted molar refractivity (Wildman–Crippen MR) is 82.4 cm³/mol. The van der Waals surface area contributed by atoms with Gasteiger partial charge in [-0.15, -0.1) is 11.3 Å². The molecule has 1 aromatic carbocycles. The van der Waals surface area contributed by atoms with E-state index in [2.05, 4.69) is 39.0 Å². The monoisotopic (exact) mass is 284 g/mol. The number of thiazole rings is 1. The van der Waals surface area contributed by atoms with Gasteiger partial charge in [0.05, 0.1) is 16.6 Å². The lowest BCUT2D eigenvalue weighted by Gasteiger charge is -2.15. The molecule has 0 spiro atoms. The summed E-state index contributed by atoms with van der Waals surface area (Å²) in [6, 6.07) is 10.3. The number of hydrogen-bond donors (Lipinski definition) is 2. The van der Waals surface area contributed by atoms with Crippen LogP contribution in [0.15, 0.2) is 41.9 Å². The number of aromatic nitrogens is 2. The molecule has 20 heavy (non-hydrogen) atoms. The van der Waals surface area contributed by atoms with E-state index in [0.29, 0.717) is 0 Å². The molecule has 102 valence electrons. The number of nitrogens with two attached hydrogens (primary N) is 1. The molecule has 1 atom stereocenters. The van der Waals surface area contributed by atoms with Crippen molar-refractivity contribution in [2.75, 3.05) is 0 Å². The van der Waals surface area contributed by atoms with E-state index in [4.69, 9.17) is 5.84 Å². The number of rotatable bonds is 4. The van der Waals surface area contributed by atoms with Crippen LogP contribution in [0.3, 0.4) is 0 Å². The molecule has 0 radical (unpaired) electrons. The summed E-state index contributed by atoms with van der Waals surface area (Å²) < 4.78 is 0. The number of aryl methyl sites for hydroxylation is 1. The van der Waals surface area contributed by atoms with Crippen LogP contribution in [0.5, 0.6) is 0 Å². The average molecular weight is 284 g/mol. The molecular weight excluding hydrogens is 268 g/mol. The third-order valence-corrected chi connectivity index (χ3v) is 4.26. The minimum Gasteiger partial charge on any atom is -0.271 e. The van der Waals surface area contributed by atoms with Crippen LogP contribution >= 0.6 is 11.3 Å². The molecule has 0 aliphatic rings. The van der Waals surface area contributed by atoms with Crippen LogP contribution in [0.2, 0.25) is 0 Å². The minimum atomic E-state index is 0.0603. The van der Waals surface area contributed by atoms with E-state index < -0.39 is 0 Å². The number of nitrogens with zero attached hydrogens (tertiary/aromatic N) is 2. The molecule has 0 aliphatic carbocycles. The van der Waals surface area contributed by atoms with E-state index in [1.54, 1.807) is 17.5 Å². The molecule has 0 bridgehead atoms. The zero-order valence-electron chi connectivity index (χ0n) is 11.2. The third-order valence-electron chi connectivity index (χ3n) is 3.28. The van der Waals surface area contributed by atoms with Gasteiger partial charge in [-0.2, -0.15) is 0 Å². The Morgan fingerprint density at radius 3 is 3.00 bits per heavy atom. The van der Waals surface area contributed by atoms with E-state index >= 15 is 0 Å². The summed E-state index contributed by atoms with van der Waals surface area (Å²) in [5, 5.41) is 4.28. The zero-order valence-corrected chi connectivity index (χ0v) is 12.0. The lowest BCUT2D eigenvalue weighted by atomic mass is 10.0. The average Bonchev–Trinajstić information content (AvgIpc) is 2.89. The summed E-state index contributed by atoms with van der Waals surface area (Å²) in [4.78, 5) is 8.83. The molecule has 2 heterocycles. The standard InChI is InChI=1S/C15H16N4S/c1-10-9-20-15(18-10)8-14(19-16)12-4-5-13-11(7-12)3-2-6-17-13/h2-7,9,14,19H,8,16H2,1H3. The first-order valence-electron chi connectivity index (χ1n) is 6.48. The molecule has 0 amide bonds. The highest BCUT2D eigenvalue weighted by atomic mass is 32.1. The van der Waals surface area contributed by atoms with Gasteiger partial charge in [0.2, 0.25) is 0 Å². The maximum atomic E-state index is 5.71. The Bertz CT molecular complexity index is 722. The topological polar surface area (TPSA) is 63.8 Å². The van der Waals surface area contributed by atoms with Gasteiger partial charge < -0.3 is 0 Å². The Morgan fingerprint density at radius 1 is 1.35 bits per heavy atom. The van der Waals surface area contributed by atoms with Crippen molar-refractivity contribution in [3.05, 3.63) is 58.2 Å². The van der Waals surface area contributed by atoms with E-state index in [9.17, 15) is 0 Å². The van der Waals surface area contributed by atoms with Crippen LogP contribution in [0, 0.1) is 6.92 Å². The van der Waals surface area contributed by atoms with Gasteiger partial charge in [0.15, 0.2) is 0 Å². The van der Waals surface area contributed by atoms with Crippen molar-refractivity contribution in [1.29, 1.82) is 0 Å². The van der Waals surface area contributed by atoms with Crippen LogP contribution in [0.1, 0.15) is 22.3 Å². The van der Waals surface area contributed by atoms with Gasteiger partial charge in [-0.3, -0.25) is 16.3 Å². The molecule has 3 rings (SSSR count). The van der Waals surface area contributed by atoms with Gasteiger partial charge in [-0.25, -0.2) is 4.98 Å². The van der Waals surface area contributed by atoms with Crippen LogP contribution in [-0.4, -0.2) is 9.97 Å². The molecule has 5 heteroatoms. The predicted octanol–water partition coefficient (Wildman–Crippen LogP) is 2.75. The Labute approximate surface area is 121 Å². The summed E-state index contributed by atoms with van der Waals surface area (Å²) in [5.74, 6) is 5.71. The first kappa shape index (κ1) is 13.2. The third kappa shape index (κ3) is 2.70. The number of nitrogens with one attached hydrogen (secondary N) is 1. The Hall–Kier alpha value is -1.82. The van der Waals surface area contributed by atoms with E-state index in [1.165, 1.54) is 0 Å². The second-order valence-electron chi connectivity index (χ2n) is 4.76. The molecule has 1 unspecified atom stereocenters. The van der Waals surface area contributed by atoms with Gasteiger partial charge in [0.25, 0.3) is 0 Å². The molecule has 3 aromatic rings. The quantitative estimate of drug-likeness (QED) is 0.571. The maximum absolute atomic E-state index is 5.71. The molecule has 0 saturated heterocycles. The van der Waals surface area contributed by atoms with Crippen molar-refractivity contribution in [2.24, 2.45) is 5.84 Å². The van der Waals surface area contributed by atoms with Gasteiger partial charge >= 0.3 is 0 Å². The fourth-order valence-corrected chi connectivity index (χ4v) is 3.07. The maximum Gasteiger partial charge on any atom is 0.0947 e. The Balaban J connectivity index is 1.90. The molecule has 3 N–H and O–H groups in total. The second-order valence-corrected chi connectivity index (χ2v) is 5.70. The van der Waals surface area contributed by atoms with Crippen LogP contribution in [0.25, 0.3) is 10.9 Å². The summed E-state index contributed by atoms with van der Waals surface area (Å²) in [5.41, 5.74) is 6.10. The van der Waals surface area contributed by atoms with E-state index in [0.717, 1.165) is 33.6 Å². The van der Waals surface area contributed by atoms with Crippen molar-refractivity contribution in [3.63, 3.8) is 0 Å². The van der Waals surface area contributed by atoms with Crippen LogP contribution < -0.4 is 11.3 Å². The molecule has 0 aliphatic heterocycles. The zero-order chi connectivity index (χ0) is 13.9. The SMILES string of the molecule is Cc1csc(CC(NN)c2ccc3ncccc3c2)n1. The van der Waals surface area contributed by atoms with Crippen LogP contribution in [0.4, 0.5) is 0 Å². The van der Waals surface area contributed by atoms with Gasteiger partial charge in [0, 0.05) is 29.1 Å². The first-order chi connectivity index (χ1) is 9.76. The highest BCUT2D eigenvalue weighted by Gasteiger charge is 2.13. The fraction of sp³-hybridized carbons (Fsp3) is 0.200. The lowest BCUT2D eigenvalue weighted by molar-refractivity contribution is 0.551. The Kier molecular flexibility index (Phi) is 3.73. The molecule has 4 nitrogen and oxygen atoms in total. The summed E-state index contributed by atoms with van der Waals surface area (Å²) in [6.45, 7) is 2.01. The summed E-state index contributed by atoms with van der Waals surface area (Å²) in [7, 11) is 0. The highest BCUT2D eigenvalue weighted by Crippen LogP contribution is 2.23. The second kappa shape index (κ2) is 5.66. The normalized spacial score (nSPS) is 12.7. The fourth-order valence-electron chi connectivity index (χ4n) is 2.25. The van der Waals surface area contributed by atoms with Gasteiger partial charge in [-0.1, -0.05) is 12.1 Å². The van der Waals surface area contributed by atoms with Gasteiger partial charge in [0.1, 0.15) is 0 Å². The largest absolute Gasteiger partial charge is 0.271 e. The van der Waals surface area contributed by atoms with Crippen molar-refractivity contribution in [2.45, 2.75) is 19.4 Å². The molecular formula is C15H16N4S. The van der Waals surface area contributed by atoms with Crippen LogP contribution in [-0.2, 0) is 6.42 Å². The van der Waals surface area contributed by atoms with E-state index in [1.807, 2.05) is 19.1 Å². The molecule has 2 aromatic heterocycles. The molecule has 0 fully saturated rings. The number of fused-ring (bicyclic) bond motifs is 1. The summed E-state index contributed by atoms with van der Waals surface area (Å²) in [6.07, 6.45) is 2.60. The molecule has 0 saturated carbocycles. The highest BCUT2D eigenvalue weighted by molar-refractivity contribution is 7.09. The number of hydrazine groups is 1. The van der Waals surface area contributed by atoms with E-state index in [-0.39, 0.29) is 6.04 Å². The number of hydrogen-bond acceptors (Lipinski definition) is 5. The minimum absolute atomic E-state index is 0.0603. The first-order valence-corrected chi connectivity index (χ1v) is 7.36. The van der Waals surface area contributed by atoms with Crippen molar-refractivity contribution >= 4 is 22.2 Å². The number of benzene rings is 1. The van der Waals surface area contributed by atoms with Crippen molar-refractivity contribution in [3.8, 4) is 0 Å². The smallest absolute Gasteiger partial charge is 0.0947 e. The Morgan fingerprint density at radius 2 is 2.25 bits per heavy atom. The van der Waals surface area contributed by atoms with Gasteiger partial charge in [-0.05, 0) is 30.7 Å². The number of pyridine rings is 1. The lowest BCUT2D eigenvalue weighted by Crippen LogP contribution is -2.29. The van der Waals surface area contributed by atoms with Crippen molar-refractivity contribution < 1.29 is 0 Å². The van der Waals surface area contributed by atoms with Crippen molar-refractivity contribution in [1.82, 2.24) is 15.4 Å².